The summed E-state index contributed by atoms with van der Waals surface area (Å²) in [7, 11) is 0. The molecular formula is C12H14BrN5. The van der Waals surface area contributed by atoms with Gasteiger partial charge in [-0.05, 0) is 27.9 Å². The topological polar surface area (TPSA) is 76.7 Å². The summed E-state index contributed by atoms with van der Waals surface area (Å²) in [6.07, 6.45) is 3.45. The lowest BCUT2D eigenvalue weighted by Gasteiger charge is -2.09. The number of hydrogen-bond donors (Lipinski definition) is 2. The van der Waals surface area contributed by atoms with Crippen LogP contribution in [0.15, 0.2) is 29.0 Å². The largest absolute Gasteiger partial charge is 0.308 e. The van der Waals surface area contributed by atoms with E-state index in [1.165, 1.54) is 0 Å². The molecule has 2 aromatic heterocycles. The summed E-state index contributed by atoms with van der Waals surface area (Å²) >= 11 is 3.38. The second kappa shape index (κ2) is 5.41. The Balaban J connectivity index is 2.53. The van der Waals surface area contributed by atoms with E-state index in [1.54, 1.807) is 12.4 Å². The average molecular weight is 308 g/mol. The SMILES string of the molecule is CC(C)c1cc(NN)nc(-c2cncc(Br)c2)n1. The van der Waals surface area contributed by atoms with Crippen LogP contribution in [-0.2, 0) is 0 Å². The minimum Gasteiger partial charge on any atom is -0.308 e. The van der Waals surface area contributed by atoms with Crippen molar-refractivity contribution in [2.45, 2.75) is 19.8 Å². The van der Waals surface area contributed by atoms with E-state index < -0.39 is 0 Å². The molecule has 0 aliphatic carbocycles. The van der Waals surface area contributed by atoms with E-state index in [-0.39, 0.29) is 0 Å². The van der Waals surface area contributed by atoms with Gasteiger partial charge in [-0.15, -0.1) is 0 Å². The molecule has 0 aliphatic rings. The van der Waals surface area contributed by atoms with Gasteiger partial charge in [0.1, 0.15) is 5.82 Å². The van der Waals surface area contributed by atoms with Crippen molar-refractivity contribution in [3.05, 3.63) is 34.7 Å². The molecule has 0 saturated carbocycles. The van der Waals surface area contributed by atoms with Crippen molar-refractivity contribution in [1.82, 2.24) is 15.0 Å². The lowest BCUT2D eigenvalue weighted by atomic mass is 10.1. The summed E-state index contributed by atoms with van der Waals surface area (Å²) in [5, 5.41) is 0. The third-order valence-electron chi connectivity index (χ3n) is 2.45. The molecular weight excluding hydrogens is 294 g/mol. The van der Waals surface area contributed by atoms with Gasteiger partial charge >= 0.3 is 0 Å². The van der Waals surface area contributed by atoms with Crippen molar-refractivity contribution in [2.75, 3.05) is 5.43 Å². The van der Waals surface area contributed by atoms with Crippen molar-refractivity contribution < 1.29 is 0 Å². The zero-order valence-corrected chi connectivity index (χ0v) is 11.8. The summed E-state index contributed by atoms with van der Waals surface area (Å²) in [5.41, 5.74) is 4.35. The zero-order valence-electron chi connectivity index (χ0n) is 10.2. The van der Waals surface area contributed by atoms with Crippen LogP contribution in [0, 0.1) is 0 Å². The highest BCUT2D eigenvalue weighted by molar-refractivity contribution is 9.10. The number of rotatable bonds is 3. The van der Waals surface area contributed by atoms with E-state index >= 15 is 0 Å². The van der Waals surface area contributed by atoms with Crippen molar-refractivity contribution in [3.63, 3.8) is 0 Å². The first-order valence-corrected chi connectivity index (χ1v) is 6.36. The van der Waals surface area contributed by atoms with Gasteiger partial charge in [0.05, 0.1) is 0 Å². The first kappa shape index (κ1) is 12.9. The number of nitrogens with one attached hydrogen (secondary N) is 1. The van der Waals surface area contributed by atoms with Crippen LogP contribution in [0.1, 0.15) is 25.5 Å². The van der Waals surface area contributed by atoms with E-state index in [9.17, 15) is 0 Å². The van der Waals surface area contributed by atoms with E-state index in [1.807, 2.05) is 12.1 Å². The standard InChI is InChI=1S/C12H14BrN5/c1-7(2)10-4-11(18-14)17-12(16-10)8-3-9(13)6-15-5-8/h3-7H,14H2,1-2H3,(H,16,17,18). The number of hydrogen-bond acceptors (Lipinski definition) is 5. The van der Waals surface area contributed by atoms with Crippen LogP contribution in [0.2, 0.25) is 0 Å². The van der Waals surface area contributed by atoms with E-state index in [4.69, 9.17) is 5.84 Å². The maximum atomic E-state index is 5.43. The molecule has 0 aromatic carbocycles. The summed E-state index contributed by atoms with van der Waals surface area (Å²) < 4.78 is 0.890. The lowest BCUT2D eigenvalue weighted by molar-refractivity contribution is 0.817. The third kappa shape index (κ3) is 2.83. The fraction of sp³-hybridized carbons (Fsp3) is 0.250. The van der Waals surface area contributed by atoms with Crippen LogP contribution in [-0.4, -0.2) is 15.0 Å². The molecule has 0 bridgehead atoms. The molecule has 94 valence electrons. The molecule has 0 saturated heterocycles. The van der Waals surface area contributed by atoms with Gasteiger partial charge in [-0.25, -0.2) is 15.8 Å². The summed E-state index contributed by atoms with van der Waals surface area (Å²) in [6, 6.07) is 3.77. The average Bonchev–Trinajstić information content (AvgIpc) is 2.38. The first-order valence-electron chi connectivity index (χ1n) is 5.56. The Hall–Kier alpha value is -1.53. The number of nitrogen functional groups attached to an aromatic ring is 1. The van der Waals surface area contributed by atoms with Crippen molar-refractivity contribution in [2.24, 2.45) is 5.84 Å². The predicted octanol–water partition coefficient (Wildman–Crippen LogP) is 2.71. The molecule has 2 rings (SSSR count). The van der Waals surface area contributed by atoms with E-state index in [0.29, 0.717) is 17.6 Å². The zero-order chi connectivity index (χ0) is 13.1. The minimum absolute atomic E-state index is 0.305. The Labute approximate surface area is 114 Å². The Morgan fingerprint density at radius 2 is 2.00 bits per heavy atom. The first-order chi connectivity index (χ1) is 8.60. The fourth-order valence-electron chi connectivity index (χ4n) is 1.50. The predicted molar refractivity (Wildman–Crippen MR) is 74.9 cm³/mol. The quantitative estimate of drug-likeness (QED) is 0.673. The van der Waals surface area contributed by atoms with Gasteiger partial charge in [-0.2, -0.15) is 0 Å². The molecule has 0 amide bonds. The highest BCUT2D eigenvalue weighted by Gasteiger charge is 2.09. The minimum atomic E-state index is 0.305. The highest BCUT2D eigenvalue weighted by atomic mass is 79.9. The number of nitrogens with zero attached hydrogens (tertiary/aromatic N) is 3. The van der Waals surface area contributed by atoms with Crippen LogP contribution in [0.4, 0.5) is 5.82 Å². The van der Waals surface area contributed by atoms with Gasteiger partial charge < -0.3 is 5.43 Å². The molecule has 18 heavy (non-hydrogen) atoms. The Morgan fingerprint density at radius 1 is 1.22 bits per heavy atom. The molecule has 5 nitrogen and oxygen atoms in total. The molecule has 0 radical (unpaired) electrons. The Kier molecular flexibility index (Phi) is 3.88. The molecule has 6 heteroatoms. The Morgan fingerprint density at radius 3 is 2.61 bits per heavy atom. The van der Waals surface area contributed by atoms with E-state index in [0.717, 1.165) is 15.7 Å². The molecule has 2 heterocycles. The highest BCUT2D eigenvalue weighted by Crippen LogP contribution is 2.22. The van der Waals surface area contributed by atoms with Crippen LogP contribution < -0.4 is 11.3 Å². The normalized spacial score (nSPS) is 10.7. The van der Waals surface area contributed by atoms with Gasteiger partial charge in [0.2, 0.25) is 0 Å². The monoisotopic (exact) mass is 307 g/mol. The second-order valence-electron chi connectivity index (χ2n) is 4.19. The van der Waals surface area contributed by atoms with Gasteiger partial charge in [-0.1, -0.05) is 13.8 Å². The number of anilines is 1. The van der Waals surface area contributed by atoms with Crippen LogP contribution >= 0.6 is 15.9 Å². The van der Waals surface area contributed by atoms with Gasteiger partial charge in [0, 0.05) is 34.2 Å². The number of aromatic nitrogens is 3. The van der Waals surface area contributed by atoms with Gasteiger partial charge in [0.25, 0.3) is 0 Å². The fourth-order valence-corrected chi connectivity index (χ4v) is 1.86. The molecule has 0 spiro atoms. The second-order valence-corrected chi connectivity index (χ2v) is 5.11. The molecule has 0 unspecified atom stereocenters. The van der Waals surface area contributed by atoms with Crippen molar-refractivity contribution in [1.29, 1.82) is 0 Å². The van der Waals surface area contributed by atoms with Gasteiger partial charge in [0.15, 0.2) is 5.82 Å². The molecule has 0 aliphatic heterocycles. The Bertz CT molecular complexity index is 556. The molecule has 3 N–H and O–H groups in total. The van der Waals surface area contributed by atoms with Crippen molar-refractivity contribution >= 4 is 21.7 Å². The number of pyridine rings is 1. The molecule has 2 aromatic rings. The molecule has 0 atom stereocenters. The van der Waals surface area contributed by atoms with E-state index in [2.05, 4.69) is 50.2 Å². The summed E-state index contributed by atoms with van der Waals surface area (Å²) in [6.45, 7) is 4.15. The number of halogens is 1. The van der Waals surface area contributed by atoms with Gasteiger partial charge in [-0.3, -0.25) is 4.98 Å². The summed E-state index contributed by atoms with van der Waals surface area (Å²) in [4.78, 5) is 13.0. The number of hydrazine groups is 1. The number of nitrogens with two attached hydrogens (primary N) is 1. The third-order valence-corrected chi connectivity index (χ3v) is 2.88. The smallest absolute Gasteiger partial charge is 0.163 e. The van der Waals surface area contributed by atoms with Crippen LogP contribution in [0.3, 0.4) is 0 Å². The van der Waals surface area contributed by atoms with Crippen LogP contribution in [0.5, 0.6) is 0 Å². The summed E-state index contributed by atoms with van der Waals surface area (Å²) in [5.74, 6) is 6.95. The molecule has 0 fully saturated rings. The lowest BCUT2D eigenvalue weighted by Crippen LogP contribution is -2.11. The van der Waals surface area contributed by atoms with Crippen molar-refractivity contribution in [3.8, 4) is 11.4 Å². The van der Waals surface area contributed by atoms with Crippen LogP contribution in [0.25, 0.3) is 11.4 Å². The maximum absolute atomic E-state index is 5.43. The maximum Gasteiger partial charge on any atom is 0.163 e.